The van der Waals surface area contributed by atoms with Crippen molar-refractivity contribution in [3.05, 3.63) is 36.2 Å². The van der Waals surface area contributed by atoms with E-state index in [0.29, 0.717) is 37.7 Å². The fourth-order valence-electron chi connectivity index (χ4n) is 3.79. The zero-order valence-electron chi connectivity index (χ0n) is 14.5. The topological polar surface area (TPSA) is 100 Å². The van der Waals surface area contributed by atoms with Crippen molar-refractivity contribution in [2.45, 2.75) is 37.9 Å². The van der Waals surface area contributed by atoms with Crippen LogP contribution < -0.4 is 10.6 Å². The van der Waals surface area contributed by atoms with Gasteiger partial charge in [0, 0.05) is 44.1 Å². The highest BCUT2D eigenvalue weighted by molar-refractivity contribution is 5.83. The number of nitrogens with one attached hydrogen (secondary N) is 2. The Balaban J connectivity index is 1.47. The zero-order chi connectivity index (χ0) is 18.1. The van der Waals surface area contributed by atoms with E-state index in [1.54, 1.807) is 0 Å². The van der Waals surface area contributed by atoms with Gasteiger partial charge in [-0.1, -0.05) is 18.2 Å². The number of benzene rings is 1. The van der Waals surface area contributed by atoms with Crippen LogP contribution in [-0.4, -0.2) is 58.1 Å². The number of piperazine rings is 1. The van der Waals surface area contributed by atoms with Crippen LogP contribution in [0.3, 0.4) is 0 Å². The second kappa shape index (κ2) is 6.87. The molecule has 2 N–H and O–H groups in total. The summed E-state index contributed by atoms with van der Waals surface area (Å²) in [5.41, 5.74) is 0.882. The molecule has 2 amide bonds. The molecule has 1 aromatic heterocycles. The minimum absolute atomic E-state index is 0.00795. The number of nitrogens with zero attached hydrogens (tertiary/aromatic N) is 3. The van der Waals surface area contributed by atoms with Gasteiger partial charge in [0.25, 0.3) is 0 Å². The molecule has 2 aliphatic heterocycles. The normalized spacial score (nSPS) is 25.6. The Morgan fingerprint density at radius 3 is 2.92 bits per heavy atom. The number of rotatable bonds is 4. The van der Waals surface area contributed by atoms with Crippen LogP contribution in [0.15, 0.2) is 34.7 Å². The molecule has 2 saturated heterocycles. The zero-order valence-corrected chi connectivity index (χ0v) is 14.5. The molecular formula is C18H21N5O3. The lowest BCUT2D eigenvalue weighted by Crippen LogP contribution is -2.58. The smallest absolute Gasteiger partial charge is 0.247 e. The maximum Gasteiger partial charge on any atom is 0.247 e. The number of amides is 2. The molecule has 8 heteroatoms. The van der Waals surface area contributed by atoms with Gasteiger partial charge < -0.3 is 15.1 Å². The Morgan fingerprint density at radius 1 is 1.35 bits per heavy atom. The Kier molecular flexibility index (Phi) is 4.42. The van der Waals surface area contributed by atoms with E-state index in [-0.39, 0.29) is 29.9 Å². The summed E-state index contributed by atoms with van der Waals surface area (Å²) in [5, 5.41) is 14.2. The number of hydrogen-bond donors (Lipinski definition) is 2. The van der Waals surface area contributed by atoms with E-state index in [2.05, 4.69) is 25.7 Å². The first-order chi connectivity index (χ1) is 12.6. The maximum atomic E-state index is 12.2. The SMILES string of the molecule is CC(=O)N[C@H]1C[C@H]2C(=O)NC[C@@H](Cc3nnc(-c4ccccc4)o3)N2C1. The molecule has 2 aromatic rings. The first kappa shape index (κ1) is 16.7. The Morgan fingerprint density at radius 2 is 2.15 bits per heavy atom. The monoisotopic (exact) mass is 355 g/mol. The molecule has 0 unspecified atom stereocenters. The summed E-state index contributed by atoms with van der Waals surface area (Å²) in [6, 6.07) is 9.47. The van der Waals surface area contributed by atoms with Crippen LogP contribution in [0.25, 0.3) is 11.5 Å². The molecule has 8 nitrogen and oxygen atoms in total. The van der Waals surface area contributed by atoms with Gasteiger partial charge in [0.05, 0.1) is 6.04 Å². The minimum Gasteiger partial charge on any atom is -0.421 e. The van der Waals surface area contributed by atoms with Crippen LogP contribution >= 0.6 is 0 Å². The standard InChI is InChI=1S/C18H21N5O3/c1-11(24)20-13-7-15-17(25)19-9-14(23(15)10-13)8-16-21-22-18(26-16)12-5-3-2-4-6-12/h2-6,13-15H,7-10H2,1H3,(H,19,25)(H,20,24)/t13-,14+,15-/m0/s1. The molecule has 3 atom stereocenters. The lowest BCUT2D eigenvalue weighted by molar-refractivity contribution is -0.129. The first-order valence-corrected chi connectivity index (χ1v) is 8.78. The third-order valence-corrected chi connectivity index (χ3v) is 4.93. The van der Waals surface area contributed by atoms with Gasteiger partial charge in [-0.15, -0.1) is 10.2 Å². The van der Waals surface area contributed by atoms with Crippen molar-refractivity contribution in [2.75, 3.05) is 13.1 Å². The Hall–Kier alpha value is -2.74. The average Bonchev–Trinajstić information content (AvgIpc) is 3.25. The molecule has 0 saturated carbocycles. The summed E-state index contributed by atoms with van der Waals surface area (Å²) in [6.45, 7) is 2.69. The Labute approximate surface area is 151 Å². The van der Waals surface area contributed by atoms with Gasteiger partial charge in [0.15, 0.2) is 0 Å². The highest BCUT2D eigenvalue weighted by Gasteiger charge is 2.44. The van der Waals surface area contributed by atoms with Crippen molar-refractivity contribution in [2.24, 2.45) is 0 Å². The van der Waals surface area contributed by atoms with E-state index in [1.165, 1.54) is 6.92 Å². The van der Waals surface area contributed by atoms with Gasteiger partial charge in [0.2, 0.25) is 23.6 Å². The molecule has 0 spiro atoms. The van der Waals surface area contributed by atoms with Crippen molar-refractivity contribution in [3.63, 3.8) is 0 Å². The van der Waals surface area contributed by atoms with Gasteiger partial charge in [-0.25, -0.2) is 0 Å². The first-order valence-electron chi connectivity index (χ1n) is 8.78. The molecule has 2 aliphatic rings. The van der Waals surface area contributed by atoms with E-state index < -0.39 is 0 Å². The molecule has 0 aliphatic carbocycles. The minimum atomic E-state index is -0.220. The molecule has 0 radical (unpaired) electrons. The fraction of sp³-hybridized carbons (Fsp3) is 0.444. The summed E-state index contributed by atoms with van der Waals surface area (Å²) in [5.74, 6) is 0.988. The molecule has 0 bridgehead atoms. The van der Waals surface area contributed by atoms with Crippen LogP contribution in [0.5, 0.6) is 0 Å². The number of aromatic nitrogens is 2. The second-order valence-electron chi connectivity index (χ2n) is 6.82. The van der Waals surface area contributed by atoms with Crippen LogP contribution in [-0.2, 0) is 16.0 Å². The highest BCUT2D eigenvalue weighted by Crippen LogP contribution is 2.26. The molecule has 2 fully saturated rings. The van der Waals surface area contributed by atoms with Crippen molar-refractivity contribution in [3.8, 4) is 11.5 Å². The molecule has 1 aromatic carbocycles. The van der Waals surface area contributed by atoms with Crippen LogP contribution in [0, 0.1) is 0 Å². The molecule has 3 heterocycles. The number of carbonyl (C=O) groups excluding carboxylic acids is 2. The van der Waals surface area contributed by atoms with Crippen molar-refractivity contribution >= 4 is 11.8 Å². The van der Waals surface area contributed by atoms with Gasteiger partial charge >= 0.3 is 0 Å². The number of hydrogen-bond acceptors (Lipinski definition) is 6. The summed E-state index contributed by atoms with van der Waals surface area (Å²) >= 11 is 0. The van der Waals surface area contributed by atoms with Gasteiger partial charge in [0.1, 0.15) is 0 Å². The largest absolute Gasteiger partial charge is 0.421 e. The van der Waals surface area contributed by atoms with Crippen molar-refractivity contribution in [1.82, 2.24) is 25.7 Å². The average molecular weight is 355 g/mol. The van der Waals surface area contributed by atoms with Crippen LogP contribution in [0.2, 0.25) is 0 Å². The third-order valence-electron chi connectivity index (χ3n) is 4.93. The van der Waals surface area contributed by atoms with Crippen LogP contribution in [0.1, 0.15) is 19.2 Å². The summed E-state index contributed by atoms with van der Waals surface area (Å²) < 4.78 is 5.81. The lowest BCUT2D eigenvalue weighted by Gasteiger charge is -2.36. The molecule has 136 valence electrons. The molecular weight excluding hydrogens is 334 g/mol. The predicted molar refractivity (Wildman–Crippen MR) is 93.0 cm³/mol. The van der Waals surface area contributed by atoms with Crippen molar-refractivity contribution in [1.29, 1.82) is 0 Å². The van der Waals surface area contributed by atoms with E-state index in [0.717, 1.165) is 5.56 Å². The van der Waals surface area contributed by atoms with E-state index in [9.17, 15) is 9.59 Å². The summed E-state index contributed by atoms with van der Waals surface area (Å²) in [7, 11) is 0. The van der Waals surface area contributed by atoms with E-state index in [1.807, 2.05) is 30.3 Å². The van der Waals surface area contributed by atoms with Crippen LogP contribution in [0.4, 0.5) is 0 Å². The molecule has 26 heavy (non-hydrogen) atoms. The maximum absolute atomic E-state index is 12.2. The van der Waals surface area contributed by atoms with Crippen molar-refractivity contribution < 1.29 is 14.0 Å². The van der Waals surface area contributed by atoms with Gasteiger partial charge in [-0.2, -0.15) is 0 Å². The lowest BCUT2D eigenvalue weighted by atomic mass is 10.1. The second-order valence-corrected chi connectivity index (χ2v) is 6.82. The van der Waals surface area contributed by atoms with Gasteiger partial charge in [-0.3, -0.25) is 14.5 Å². The van der Waals surface area contributed by atoms with Gasteiger partial charge in [-0.05, 0) is 18.6 Å². The summed E-state index contributed by atoms with van der Waals surface area (Å²) in [6.07, 6.45) is 1.18. The highest BCUT2D eigenvalue weighted by atomic mass is 16.4. The summed E-state index contributed by atoms with van der Waals surface area (Å²) in [4.78, 5) is 25.7. The number of fused-ring (bicyclic) bond motifs is 1. The quantitative estimate of drug-likeness (QED) is 0.821. The van der Waals surface area contributed by atoms with E-state index in [4.69, 9.17) is 4.42 Å². The fourth-order valence-corrected chi connectivity index (χ4v) is 3.79. The predicted octanol–water partition coefficient (Wildman–Crippen LogP) is 0.357. The number of carbonyl (C=O) groups is 2. The third kappa shape index (κ3) is 3.32. The van der Waals surface area contributed by atoms with E-state index >= 15 is 0 Å². The Bertz CT molecular complexity index is 806. The molecule has 4 rings (SSSR count).